The summed E-state index contributed by atoms with van der Waals surface area (Å²) in [5.74, 6) is 0. The van der Waals surface area contributed by atoms with Crippen molar-refractivity contribution in [2.75, 3.05) is 14.1 Å². The van der Waals surface area contributed by atoms with Crippen LogP contribution in [0.3, 0.4) is 0 Å². The number of hydrogen-bond donors (Lipinski definition) is 1. The maximum absolute atomic E-state index is 7.20. The number of allylic oxidation sites excluding steroid dienone is 7. The van der Waals surface area contributed by atoms with Crippen LogP contribution in [0, 0.1) is 0 Å². The van der Waals surface area contributed by atoms with Gasteiger partial charge < -0.3 is 5.32 Å². The second-order valence-corrected chi connectivity index (χ2v) is 14.1. The van der Waals surface area contributed by atoms with Gasteiger partial charge in [-0.25, -0.2) is 0 Å². The van der Waals surface area contributed by atoms with Gasteiger partial charge in [-0.1, -0.05) is 104 Å². The van der Waals surface area contributed by atoms with Gasteiger partial charge in [0.15, 0.2) is 5.71 Å². The third-order valence-electron chi connectivity index (χ3n) is 10.5. The normalized spacial score (nSPS) is 22.7. The monoisotopic (exact) mass is 597 g/mol. The molecular weight excluding hydrogens is 556 g/mol. The van der Waals surface area contributed by atoms with Crippen molar-refractivity contribution in [3.63, 3.8) is 0 Å². The van der Waals surface area contributed by atoms with Crippen molar-refractivity contribution in [2.45, 2.75) is 63.8 Å². The molecule has 0 saturated carbocycles. The van der Waals surface area contributed by atoms with E-state index in [-0.39, 0.29) is 16.9 Å². The summed E-state index contributed by atoms with van der Waals surface area (Å²) >= 11 is 7.20. The summed E-state index contributed by atoms with van der Waals surface area (Å²) < 4.78 is 2.36. The fourth-order valence-electron chi connectivity index (χ4n) is 8.29. The minimum atomic E-state index is -0.109. The zero-order valence-electron chi connectivity index (χ0n) is 26.8. The number of rotatable bonds is 4. The van der Waals surface area contributed by atoms with E-state index in [2.05, 4.69) is 149 Å². The van der Waals surface area contributed by atoms with E-state index in [9.17, 15) is 0 Å². The number of benzene rings is 4. The molecule has 0 bridgehead atoms. The molecule has 1 heterocycles. The Bertz CT molecular complexity index is 2000. The van der Waals surface area contributed by atoms with Crippen molar-refractivity contribution >= 4 is 44.5 Å². The molecule has 0 saturated heterocycles. The Hall–Kier alpha value is -3.72. The van der Waals surface area contributed by atoms with Crippen molar-refractivity contribution < 1.29 is 4.58 Å². The molecule has 0 aromatic heterocycles. The average molecular weight is 598 g/mol. The zero-order valence-corrected chi connectivity index (χ0v) is 27.5. The molecule has 222 valence electrons. The van der Waals surface area contributed by atoms with Gasteiger partial charge in [0.1, 0.15) is 7.05 Å². The van der Waals surface area contributed by atoms with Gasteiger partial charge in [-0.2, -0.15) is 4.58 Å². The van der Waals surface area contributed by atoms with Crippen LogP contribution in [0.25, 0.3) is 21.5 Å². The van der Waals surface area contributed by atoms with Crippen molar-refractivity contribution in [3.8, 4) is 0 Å². The molecule has 3 heteroatoms. The summed E-state index contributed by atoms with van der Waals surface area (Å²) in [5, 5.41) is 9.81. The lowest BCUT2D eigenvalue weighted by molar-refractivity contribution is -0.401. The maximum Gasteiger partial charge on any atom is 0.210 e. The lowest BCUT2D eigenvalue weighted by Crippen LogP contribution is -2.27. The molecule has 7 rings (SSSR count). The van der Waals surface area contributed by atoms with E-state index in [1.807, 2.05) is 0 Å². The van der Waals surface area contributed by atoms with Gasteiger partial charge in [-0.3, -0.25) is 0 Å². The summed E-state index contributed by atoms with van der Waals surface area (Å²) in [5.41, 5.74) is 10.4. The highest BCUT2D eigenvalue weighted by Crippen LogP contribution is 2.51. The maximum atomic E-state index is 7.20. The van der Waals surface area contributed by atoms with E-state index in [0.29, 0.717) is 0 Å². The number of halogens is 1. The Labute approximate surface area is 267 Å². The van der Waals surface area contributed by atoms with Crippen LogP contribution in [0.4, 0.5) is 5.69 Å². The number of fused-ring (bicyclic) bond motifs is 6. The topological polar surface area (TPSA) is 15.0 Å². The number of likely N-dealkylation sites (N-methyl/N-ethyl adjacent to an activating group) is 1. The molecule has 4 aromatic rings. The summed E-state index contributed by atoms with van der Waals surface area (Å²) in [7, 11) is 4.27. The molecule has 2 nitrogen and oxygen atoms in total. The van der Waals surface area contributed by atoms with Gasteiger partial charge >= 0.3 is 0 Å². The summed E-state index contributed by atoms with van der Waals surface area (Å²) in [6, 6.07) is 26.8. The quantitative estimate of drug-likeness (QED) is 0.231. The lowest BCUT2D eigenvalue weighted by Gasteiger charge is -2.25. The molecule has 1 aliphatic heterocycles. The van der Waals surface area contributed by atoms with Crippen molar-refractivity contribution in [2.24, 2.45) is 0 Å². The van der Waals surface area contributed by atoms with Crippen molar-refractivity contribution in [3.05, 3.63) is 136 Å². The highest BCUT2D eigenvalue weighted by molar-refractivity contribution is 6.32. The van der Waals surface area contributed by atoms with Crippen LogP contribution in [-0.4, -0.2) is 24.4 Å². The molecule has 1 atom stereocenters. The van der Waals surface area contributed by atoms with Gasteiger partial charge in [0.2, 0.25) is 5.69 Å². The number of nitrogens with zero attached hydrogens (tertiary/aromatic N) is 1. The van der Waals surface area contributed by atoms with Crippen LogP contribution in [0.15, 0.2) is 119 Å². The zero-order chi connectivity index (χ0) is 30.8. The van der Waals surface area contributed by atoms with Crippen molar-refractivity contribution in [1.82, 2.24) is 5.32 Å². The summed E-state index contributed by atoms with van der Waals surface area (Å²) in [6.45, 7) is 9.42. The Kier molecular flexibility index (Phi) is 7.07. The van der Waals surface area contributed by atoms with Crippen LogP contribution >= 0.6 is 11.6 Å². The van der Waals surface area contributed by atoms with Gasteiger partial charge in [-0.05, 0) is 95.6 Å². The fourth-order valence-corrected chi connectivity index (χ4v) is 8.60. The van der Waals surface area contributed by atoms with Gasteiger partial charge in [-0.15, -0.1) is 0 Å². The highest BCUT2D eigenvalue weighted by atomic mass is 35.5. The lowest BCUT2D eigenvalue weighted by atomic mass is 9.78. The van der Waals surface area contributed by atoms with E-state index in [0.717, 1.165) is 24.3 Å². The minimum absolute atomic E-state index is 0.0943. The second-order valence-electron chi connectivity index (χ2n) is 13.7. The van der Waals surface area contributed by atoms with Crippen LogP contribution in [0.1, 0.15) is 69.7 Å². The Morgan fingerprint density at radius 3 is 2.14 bits per heavy atom. The standard InChI is InChI=1S/C41H42ClN2/c1-40(2)33(39(43-5)32-22-18-26-12-7-9-16-30(26)36(32)40)23-19-28-14-11-15-29(38(28)42)21-25-35-41(3,4)37-31-17-10-8-13-27(31)20-24-34(37)44(35)6/h7-10,12-13,16-25,39,43H,11,14-15H2,1-6H3/q+1. The highest BCUT2D eigenvalue weighted by Gasteiger charge is 2.44. The first-order valence-corrected chi connectivity index (χ1v) is 16.3. The predicted octanol–water partition coefficient (Wildman–Crippen LogP) is 10.3. The van der Waals surface area contributed by atoms with E-state index in [1.54, 1.807) is 0 Å². The van der Waals surface area contributed by atoms with E-state index >= 15 is 0 Å². The molecule has 0 amide bonds. The van der Waals surface area contributed by atoms with Gasteiger partial charge in [0, 0.05) is 28.2 Å². The molecular formula is C41H42ClN2+. The van der Waals surface area contributed by atoms with Crippen LogP contribution in [-0.2, 0) is 10.8 Å². The molecule has 1 unspecified atom stereocenters. The minimum Gasteiger partial charge on any atom is -0.310 e. The Morgan fingerprint density at radius 2 is 1.43 bits per heavy atom. The van der Waals surface area contributed by atoms with Crippen LogP contribution in [0.2, 0.25) is 0 Å². The Balaban J connectivity index is 1.23. The molecule has 0 spiro atoms. The van der Waals surface area contributed by atoms with Crippen LogP contribution in [0.5, 0.6) is 0 Å². The third-order valence-corrected chi connectivity index (χ3v) is 11.0. The fraction of sp³-hybridized carbons (Fsp3) is 0.293. The third kappa shape index (κ3) is 4.37. The molecule has 2 aliphatic carbocycles. The number of nitrogens with one attached hydrogen (secondary N) is 1. The predicted molar refractivity (Wildman–Crippen MR) is 189 cm³/mol. The first-order valence-electron chi connectivity index (χ1n) is 16.0. The van der Waals surface area contributed by atoms with Crippen molar-refractivity contribution in [1.29, 1.82) is 0 Å². The van der Waals surface area contributed by atoms with E-state index in [4.69, 9.17) is 11.6 Å². The SMILES string of the molecule is CNC1C(=CC=C2CCCC(C=CC3=[N+](C)c4ccc5ccccc5c4C3(C)C)=C2Cl)C(C)(C)c2c1ccc1ccccc21. The molecule has 1 N–H and O–H groups in total. The number of hydrogen-bond acceptors (Lipinski definition) is 1. The molecule has 0 radical (unpaired) electrons. The molecule has 4 aromatic carbocycles. The van der Waals surface area contributed by atoms with Gasteiger partial charge in [0.25, 0.3) is 0 Å². The second kappa shape index (κ2) is 10.7. The Morgan fingerprint density at radius 1 is 0.773 bits per heavy atom. The average Bonchev–Trinajstić information content (AvgIpc) is 3.37. The first-order chi connectivity index (χ1) is 21.1. The largest absolute Gasteiger partial charge is 0.310 e. The van der Waals surface area contributed by atoms with E-state index < -0.39 is 0 Å². The molecule has 0 fully saturated rings. The van der Waals surface area contributed by atoms with E-state index in [1.165, 1.54) is 66.4 Å². The smallest absolute Gasteiger partial charge is 0.210 e. The summed E-state index contributed by atoms with van der Waals surface area (Å²) in [4.78, 5) is 0. The van der Waals surface area contributed by atoms with Crippen LogP contribution < -0.4 is 5.32 Å². The molecule has 44 heavy (non-hydrogen) atoms. The summed E-state index contributed by atoms with van der Waals surface area (Å²) in [6.07, 6.45) is 12.3. The molecule has 3 aliphatic rings. The first kappa shape index (κ1) is 29.0. The van der Waals surface area contributed by atoms with Gasteiger partial charge in [0.05, 0.1) is 11.5 Å².